The molecule has 0 spiro atoms. The maximum absolute atomic E-state index is 12.7. The monoisotopic (exact) mass is 326 g/mol. The van der Waals surface area contributed by atoms with Crippen molar-refractivity contribution < 1.29 is 14.3 Å². The highest BCUT2D eigenvalue weighted by Gasteiger charge is 2.26. The molecule has 2 aromatic heterocycles. The molecule has 7 heteroatoms. The first-order valence-corrected chi connectivity index (χ1v) is 7.68. The quantitative estimate of drug-likeness (QED) is 0.927. The van der Waals surface area contributed by atoms with E-state index in [0.29, 0.717) is 31.1 Å². The summed E-state index contributed by atoms with van der Waals surface area (Å²) in [6, 6.07) is 7.01. The van der Waals surface area contributed by atoms with E-state index in [2.05, 4.69) is 15.3 Å². The number of carbonyl (C=O) groups excluding carboxylic acids is 2. The van der Waals surface area contributed by atoms with Crippen LogP contribution in [0, 0.1) is 0 Å². The average molecular weight is 326 g/mol. The molecule has 3 heterocycles. The van der Waals surface area contributed by atoms with Gasteiger partial charge in [-0.3, -0.25) is 14.6 Å². The third-order valence-corrected chi connectivity index (χ3v) is 3.74. The Kier molecular flexibility index (Phi) is 4.81. The Balaban J connectivity index is 1.74. The second-order valence-electron chi connectivity index (χ2n) is 5.50. The molecule has 2 amide bonds. The van der Waals surface area contributed by atoms with Gasteiger partial charge in [0.05, 0.1) is 13.2 Å². The summed E-state index contributed by atoms with van der Waals surface area (Å²) in [6.07, 6.45) is 4.77. The van der Waals surface area contributed by atoms with Gasteiger partial charge in [-0.05, 0) is 29.8 Å². The fourth-order valence-electron chi connectivity index (χ4n) is 2.61. The van der Waals surface area contributed by atoms with Crippen LogP contribution in [-0.4, -0.2) is 46.4 Å². The summed E-state index contributed by atoms with van der Waals surface area (Å²) in [6.45, 7) is 2.87. The molecule has 0 aromatic carbocycles. The molecule has 0 aliphatic carbocycles. The molecule has 0 bridgehead atoms. The van der Waals surface area contributed by atoms with Crippen LogP contribution in [0.25, 0.3) is 0 Å². The van der Waals surface area contributed by atoms with Gasteiger partial charge in [-0.15, -0.1) is 0 Å². The highest BCUT2D eigenvalue weighted by atomic mass is 16.5. The van der Waals surface area contributed by atoms with Crippen molar-refractivity contribution in [3.05, 3.63) is 54.0 Å². The summed E-state index contributed by atoms with van der Waals surface area (Å²) in [5, 5.41) is 2.59. The van der Waals surface area contributed by atoms with Crippen LogP contribution in [0.3, 0.4) is 0 Å². The highest BCUT2D eigenvalue weighted by molar-refractivity contribution is 5.96. The molecule has 124 valence electrons. The molecule has 0 radical (unpaired) electrons. The van der Waals surface area contributed by atoms with Crippen molar-refractivity contribution in [2.75, 3.05) is 25.0 Å². The third kappa shape index (κ3) is 3.75. The fourth-order valence-corrected chi connectivity index (χ4v) is 2.61. The number of rotatable bonds is 3. The van der Waals surface area contributed by atoms with Crippen LogP contribution in [-0.2, 0) is 9.53 Å². The number of ether oxygens (including phenoxy) is 1. The lowest BCUT2D eigenvalue weighted by atomic mass is 10.1. The van der Waals surface area contributed by atoms with E-state index in [1.54, 1.807) is 29.4 Å². The smallest absolute Gasteiger partial charge is 0.254 e. The molecule has 0 saturated carbocycles. The van der Waals surface area contributed by atoms with E-state index in [1.807, 2.05) is 12.1 Å². The lowest BCUT2D eigenvalue weighted by Gasteiger charge is -2.33. The van der Waals surface area contributed by atoms with E-state index in [0.717, 1.165) is 5.56 Å². The molecule has 24 heavy (non-hydrogen) atoms. The van der Waals surface area contributed by atoms with Crippen molar-refractivity contribution in [3.8, 4) is 0 Å². The van der Waals surface area contributed by atoms with E-state index in [4.69, 9.17) is 4.74 Å². The topological polar surface area (TPSA) is 84.4 Å². The van der Waals surface area contributed by atoms with Crippen LogP contribution >= 0.6 is 0 Å². The van der Waals surface area contributed by atoms with E-state index in [9.17, 15) is 9.59 Å². The van der Waals surface area contributed by atoms with Crippen LogP contribution < -0.4 is 5.32 Å². The van der Waals surface area contributed by atoms with Crippen molar-refractivity contribution >= 4 is 17.6 Å². The number of nitrogens with zero attached hydrogens (tertiary/aromatic N) is 3. The molecule has 7 nitrogen and oxygen atoms in total. The van der Waals surface area contributed by atoms with Crippen LogP contribution in [0.5, 0.6) is 0 Å². The van der Waals surface area contributed by atoms with E-state index < -0.39 is 0 Å². The number of carbonyl (C=O) groups is 2. The van der Waals surface area contributed by atoms with Crippen molar-refractivity contribution in [2.45, 2.75) is 13.0 Å². The second kappa shape index (κ2) is 7.18. The molecule has 1 saturated heterocycles. The van der Waals surface area contributed by atoms with E-state index in [-0.39, 0.29) is 17.9 Å². The molecule has 0 unspecified atom stereocenters. The zero-order valence-electron chi connectivity index (χ0n) is 13.3. The molecule has 3 rings (SSSR count). The largest absolute Gasteiger partial charge is 0.370 e. The van der Waals surface area contributed by atoms with Gasteiger partial charge in [0.2, 0.25) is 5.91 Å². The summed E-state index contributed by atoms with van der Waals surface area (Å²) >= 11 is 0. The summed E-state index contributed by atoms with van der Waals surface area (Å²) in [5.74, 6) is 0.0369. The Bertz CT molecular complexity index is 736. The van der Waals surface area contributed by atoms with E-state index in [1.165, 1.54) is 13.1 Å². The number of anilines is 1. The maximum atomic E-state index is 12.7. The van der Waals surface area contributed by atoms with E-state index >= 15 is 0 Å². The zero-order valence-corrected chi connectivity index (χ0v) is 13.3. The number of amides is 2. The first-order chi connectivity index (χ1) is 11.6. The summed E-state index contributed by atoms with van der Waals surface area (Å²) in [7, 11) is 0. The van der Waals surface area contributed by atoms with Gasteiger partial charge in [0, 0.05) is 37.6 Å². The molecule has 1 atom stereocenters. The van der Waals surface area contributed by atoms with Gasteiger partial charge in [0.1, 0.15) is 11.9 Å². The Hall–Kier alpha value is -2.80. The first-order valence-electron chi connectivity index (χ1n) is 7.68. The molecule has 2 aromatic rings. The van der Waals surface area contributed by atoms with Gasteiger partial charge < -0.3 is 15.0 Å². The van der Waals surface area contributed by atoms with Gasteiger partial charge in [0.25, 0.3) is 5.91 Å². The number of pyridine rings is 2. The Morgan fingerprint density at radius 3 is 2.79 bits per heavy atom. The van der Waals surface area contributed by atoms with Crippen molar-refractivity contribution in [1.29, 1.82) is 0 Å². The molecule has 1 fully saturated rings. The van der Waals surface area contributed by atoms with Crippen molar-refractivity contribution in [3.63, 3.8) is 0 Å². The number of nitrogens with one attached hydrogen (secondary N) is 1. The lowest BCUT2D eigenvalue weighted by molar-refractivity contribution is -0.114. The first kappa shape index (κ1) is 16.1. The Morgan fingerprint density at radius 2 is 2.04 bits per heavy atom. The normalized spacial score (nSPS) is 17.4. The summed E-state index contributed by atoms with van der Waals surface area (Å²) in [5.41, 5.74) is 1.49. The van der Waals surface area contributed by atoms with Gasteiger partial charge in [0.15, 0.2) is 0 Å². The highest BCUT2D eigenvalue weighted by Crippen LogP contribution is 2.23. The molecule has 1 aliphatic heterocycles. The second-order valence-corrected chi connectivity index (χ2v) is 5.50. The minimum absolute atomic E-state index is 0.105. The maximum Gasteiger partial charge on any atom is 0.254 e. The zero-order chi connectivity index (χ0) is 16.9. The van der Waals surface area contributed by atoms with Crippen LogP contribution in [0.4, 0.5) is 5.82 Å². The molecular formula is C17H18N4O3. The standard InChI is InChI=1S/C17H18N4O3/c1-12(22)20-16-10-14(4-7-19-16)17(23)21-8-9-24-15(11-21)13-2-5-18-6-3-13/h2-7,10,15H,8-9,11H2,1H3,(H,19,20,22)/t15-/m0/s1. The average Bonchev–Trinajstić information content (AvgIpc) is 2.62. The van der Waals surface area contributed by atoms with Gasteiger partial charge >= 0.3 is 0 Å². The van der Waals surface area contributed by atoms with Crippen LogP contribution in [0.2, 0.25) is 0 Å². The van der Waals surface area contributed by atoms with Crippen LogP contribution in [0.1, 0.15) is 28.9 Å². The third-order valence-electron chi connectivity index (χ3n) is 3.74. The minimum atomic E-state index is -0.226. The fraction of sp³-hybridized carbons (Fsp3) is 0.294. The Labute approximate surface area is 139 Å². The molecule has 1 N–H and O–H groups in total. The Morgan fingerprint density at radius 1 is 1.25 bits per heavy atom. The van der Waals surface area contributed by atoms with Gasteiger partial charge in [-0.1, -0.05) is 0 Å². The number of morpholine rings is 1. The molecule has 1 aliphatic rings. The summed E-state index contributed by atoms with van der Waals surface area (Å²) in [4.78, 5) is 33.6. The van der Waals surface area contributed by atoms with Crippen molar-refractivity contribution in [2.24, 2.45) is 0 Å². The van der Waals surface area contributed by atoms with Crippen molar-refractivity contribution in [1.82, 2.24) is 14.9 Å². The number of hydrogen-bond acceptors (Lipinski definition) is 5. The summed E-state index contributed by atoms with van der Waals surface area (Å²) < 4.78 is 5.77. The van der Waals surface area contributed by atoms with Gasteiger partial charge in [-0.25, -0.2) is 4.98 Å². The number of hydrogen-bond donors (Lipinski definition) is 1. The predicted molar refractivity (Wildman–Crippen MR) is 87.4 cm³/mol. The lowest BCUT2D eigenvalue weighted by Crippen LogP contribution is -2.42. The predicted octanol–water partition coefficient (Wildman–Crippen LogP) is 1.65. The van der Waals surface area contributed by atoms with Crippen LogP contribution in [0.15, 0.2) is 42.9 Å². The minimum Gasteiger partial charge on any atom is -0.370 e. The molecular weight excluding hydrogens is 308 g/mol. The van der Waals surface area contributed by atoms with Gasteiger partial charge in [-0.2, -0.15) is 0 Å². The SMILES string of the molecule is CC(=O)Nc1cc(C(=O)N2CCO[C@H](c3ccncc3)C2)ccn1. The number of aromatic nitrogens is 2.